The standard InChI is InChI=1S/C26H32F3N5O3/c1-6-36-23(35)16-8-7-9-19(16)32-24-34-33-22(37-24)20-10-14(2)17-11-15(30-13-26(27,28)29)12-18(21(17)31-20)25(3,4)5/h10-12,16,19,30H,6-9,13H2,1-5H3,(H,32,34)/t16-,19+/m1/s1. The molecule has 3 aromatic rings. The molecule has 4 rings (SSSR count). The fourth-order valence-electron chi connectivity index (χ4n) is 4.68. The molecule has 11 heteroatoms. The molecule has 0 bridgehead atoms. The first-order chi connectivity index (χ1) is 17.4. The number of hydrogen-bond acceptors (Lipinski definition) is 8. The van der Waals surface area contributed by atoms with Crippen molar-refractivity contribution in [3.8, 4) is 11.6 Å². The summed E-state index contributed by atoms with van der Waals surface area (Å²) in [7, 11) is 0. The van der Waals surface area contributed by atoms with Crippen molar-refractivity contribution in [1.29, 1.82) is 0 Å². The first-order valence-electron chi connectivity index (χ1n) is 12.4. The molecule has 2 N–H and O–H groups in total. The summed E-state index contributed by atoms with van der Waals surface area (Å²) in [5.41, 5.74) is 2.71. The molecule has 0 radical (unpaired) electrons. The maximum absolute atomic E-state index is 12.8. The number of halogens is 3. The summed E-state index contributed by atoms with van der Waals surface area (Å²) in [5, 5.41) is 14.7. The zero-order valence-corrected chi connectivity index (χ0v) is 21.6. The Bertz CT molecular complexity index is 1280. The van der Waals surface area contributed by atoms with Gasteiger partial charge in [-0.1, -0.05) is 32.3 Å². The van der Waals surface area contributed by atoms with Gasteiger partial charge in [0, 0.05) is 17.1 Å². The summed E-state index contributed by atoms with van der Waals surface area (Å²) in [5.74, 6) is -0.300. The summed E-state index contributed by atoms with van der Waals surface area (Å²) in [6, 6.07) is 5.20. The Labute approximate surface area is 213 Å². The largest absolute Gasteiger partial charge is 0.466 e. The third-order valence-corrected chi connectivity index (χ3v) is 6.48. The Kier molecular flexibility index (Phi) is 7.34. The highest BCUT2D eigenvalue weighted by Crippen LogP contribution is 2.36. The van der Waals surface area contributed by atoms with E-state index < -0.39 is 18.1 Å². The van der Waals surface area contributed by atoms with Crippen LogP contribution in [0, 0.1) is 12.8 Å². The lowest BCUT2D eigenvalue weighted by molar-refractivity contribution is -0.148. The monoisotopic (exact) mass is 519 g/mol. The van der Waals surface area contributed by atoms with Gasteiger partial charge in [-0.25, -0.2) is 4.98 Å². The van der Waals surface area contributed by atoms with Crippen LogP contribution in [0.15, 0.2) is 22.6 Å². The number of carbonyl (C=O) groups excluding carboxylic acids is 1. The fourth-order valence-corrected chi connectivity index (χ4v) is 4.68. The number of anilines is 2. The van der Waals surface area contributed by atoms with Gasteiger partial charge in [0.2, 0.25) is 0 Å². The molecular formula is C26H32F3N5O3. The number of rotatable bonds is 7. The Balaban J connectivity index is 1.65. The third-order valence-electron chi connectivity index (χ3n) is 6.48. The van der Waals surface area contributed by atoms with Crippen LogP contribution < -0.4 is 10.6 Å². The molecule has 37 heavy (non-hydrogen) atoms. The van der Waals surface area contributed by atoms with Crippen LogP contribution in [-0.4, -0.2) is 46.5 Å². The lowest BCUT2D eigenvalue weighted by Gasteiger charge is -2.23. The number of aromatic nitrogens is 3. The lowest BCUT2D eigenvalue weighted by Crippen LogP contribution is -2.31. The van der Waals surface area contributed by atoms with E-state index in [2.05, 4.69) is 20.8 Å². The van der Waals surface area contributed by atoms with E-state index in [1.54, 1.807) is 25.1 Å². The number of fused-ring (bicyclic) bond motifs is 1. The first kappa shape index (κ1) is 26.7. The molecule has 2 heterocycles. The Morgan fingerprint density at radius 1 is 1.16 bits per heavy atom. The Morgan fingerprint density at radius 3 is 2.59 bits per heavy atom. The van der Waals surface area contributed by atoms with Crippen LogP contribution in [0.4, 0.5) is 24.9 Å². The van der Waals surface area contributed by atoms with Gasteiger partial charge in [0.15, 0.2) is 0 Å². The summed E-state index contributed by atoms with van der Waals surface area (Å²) in [6.07, 6.45) is -1.91. The zero-order valence-electron chi connectivity index (χ0n) is 21.6. The number of ether oxygens (including phenoxy) is 1. The second kappa shape index (κ2) is 10.2. The molecule has 8 nitrogen and oxygen atoms in total. The molecule has 1 aliphatic carbocycles. The fraction of sp³-hybridized carbons (Fsp3) is 0.538. The third kappa shape index (κ3) is 6.14. The molecule has 0 unspecified atom stereocenters. The summed E-state index contributed by atoms with van der Waals surface area (Å²) in [6.45, 7) is 8.80. The van der Waals surface area contributed by atoms with E-state index in [1.165, 1.54) is 0 Å². The molecule has 1 saturated carbocycles. The number of nitrogens with zero attached hydrogens (tertiary/aromatic N) is 3. The number of pyridine rings is 1. The van der Waals surface area contributed by atoms with E-state index >= 15 is 0 Å². The number of aryl methyl sites for hydroxylation is 1. The van der Waals surface area contributed by atoms with E-state index in [9.17, 15) is 18.0 Å². The molecule has 1 aromatic carbocycles. The number of alkyl halides is 3. The van der Waals surface area contributed by atoms with Crippen molar-refractivity contribution >= 4 is 28.6 Å². The van der Waals surface area contributed by atoms with E-state index in [4.69, 9.17) is 14.1 Å². The number of nitrogens with one attached hydrogen (secondary N) is 2. The van der Waals surface area contributed by atoms with Gasteiger partial charge in [-0.05, 0) is 61.4 Å². The van der Waals surface area contributed by atoms with Crippen molar-refractivity contribution in [2.45, 2.75) is 71.5 Å². The molecular weight excluding hydrogens is 487 g/mol. The highest BCUT2D eigenvalue weighted by atomic mass is 19.4. The summed E-state index contributed by atoms with van der Waals surface area (Å²) in [4.78, 5) is 17.0. The predicted octanol–water partition coefficient (Wildman–Crippen LogP) is 6.01. The molecule has 0 amide bonds. The van der Waals surface area contributed by atoms with Crippen LogP contribution in [0.25, 0.3) is 22.5 Å². The van der Waals surface area contributed by atoms with Crippen molar-refractivity contribution in [3.05, 3.63) is 29.3 Å². The van der Waals surface area contributed by atoms with E-state index in [0.717, 1.165) is 35.8 Å². The van der Waals surface area contributed by atoms with Crippen molar-refractivity contribution in [3.63, 3.8) is 0 Å². The van der Waals surface area contributed by atoms with Gasteiger partial charge in [0.05, 0.1) is 18.0 Å². The maximum atomic E-state index is 12.8. The quantitative estimate of drug-likeness (QED) is 0.366. The minimum Gasteiger partial charge on any atom is -0.466 e. The molecule has 0 saturated heterocycles. The Morgan fingerprint density at radius 2 is 1.92 bits per heavy atom. The molecule has 1 aliphatic rings. The van der Waals surface area contributed by atoms with Gasteiger partial charge >= 0.3 is 18.2 Å². The lowest BCUT2D eigenvalue weighted by atomic mass is 9.84. The molecule has 2 atom stereocenters. The molecule has 200 valence electrons. The van der Waals surface area contributed by atoms with Gasteiger partial charge in [-0.2, -0.15) is 13.2 Å². The van der Waals surface area contributed by atoms with Crippen molar-refractivity contribution < 1.29 is 27.1 Å². The number of hydrogen-bond donors (Lipinski definition) is 2. The van der Waals surface area contributed by atoms with Crippen LogP contribution in [0.1, 0.15) is 58.1 Å². The van der Waals surface area contributed by atoms with Crippen LogP contribution in [0.3, 0.4) is 0 Å². The number of esters is 1. The minimum atomic E-state index is -4.33. The van der Waals surface area contributed by atoms with Gasteiger partial charge < -0.3 is 19.8 Å². The average Bonchev–Trinajstić information content (AvgIpc) is 3.46. The van der Waals surface area contributed by atoms with Gasteiger partial charge in [0.1, 0.15) is 12.2 Å². The molecule has 2 aromatic heterocycles. The second-order valence-corrected chi connectivity index (χ2v) is 10.4. The van der Waals surface area contributed by atoms with Crippen molar-refractivity contribution in [1.82, 2.24) is 15.2 Å². The van der Waals surface area contributed by atoms with Crippen LogP contribution in [0.5, 0.6) is 0 Å². The highest BCUT2D eigenvalue weighted by molar-refractivity contribution is 5.90. The smallest absolute Gasteiger partial charge is 0.405 e. The topological polar surface area (TPSA) is 102 Å². The van der Waals surface area contributed by atoms with E-state index in [0.29, 0.717) is 23.5 Å². The maximum Gasteiger partial charge on any atom is 0.405 e. The van der Waals surface area contributed by atoms with Crippen LogP contribution in [-0.2, 0) is 14.9 Å². The van der Waals surface area contributed by atoms with Gasteiger partial charge in [-0.3, -0.25) is 4.79 Å². The van der Waals surface area contributed by atoms with Gasteiger partial charge in [-0.15, -0.1) is 5.10 Å². The summed E-state index contributed by atoms with van der Waals surface area (Å²) < 4.78 is 49.5. The Hall–Kier alpha value is -3.37. The number of benzene rings is 1. The highest BCUT2D eigenvalue weighted by Gasteiger charge is 2.35. The average molecular weight is 520 g/mol. The van der Waals surface area contributed by atoms with Crippen molar-refractivity contribution in [2.24, 2.45) is 5.92 Å². The summed E-state index contributed by atoms with van der Waals surface area (Å²) >= 11 is 0. The zero-order chi connectivity index (χ0) is 27.0. The minimum absolute atomic E-state index is 0.159. The molecule has 1 fully saturated rings. The predicted molar refractivity (Wildman–Crippen MR) is 134 cm³/mol. The van der Waals surface area contributed by atoms with E-state index in [-0.39, 0.29) is 29.8 Å². The van der Waals surface area contributed by atoms with Crippen LogP contribution in [0.2, 0.25) is 0 Å². The first-order valence-corrected chi connectivity index (χ1v) is 12.4. The SMILES string of the molecule is CCOC(=O)[C@@H]1CCC[C@@H]1Nc1nnc(-c2cc(C)c3cc(NCC(F)(F)F)cc(C(C)(C)C)c3n2)o1. The van der Waals surface area contributed by atoms with Gasteiger partial charge in [0.25, 0.3) is 5.89 Å². The van der Waals surface area contributed by atoms with Crippen molar-refractivity contribution in [2.75, 3.05) is 23.8 Å². The van der Waals surface area contributed by atoms with E-state index in [1.807, 2.05) is 27.7 Å². The molecule has 0 spiro atoms. The molecule has 0 aliphatic heterocycles. The van der Waals surface area contributed by atoms with Crippen LogP contribution >= 0.6 is 0 Å². The normalized spacial score (nSPS) is 18.3. The second-order valence-electron chi connectivity index (χ2n) is 10.4. The number of carbonyl (C=O) groups is 1.